The van der Waals surface area contributed by atoms with Crippen molar-refractivity contribution in [3.63, 3.8) is 0 Å². The predicted octanol–water partition coefficient (Wildman–Crippen LogP) is 4.89. The van der Waals surface area contributed by atoms with Crippen molar-refractivity contribution in [3.05, 3.63) is 96.1 Å². The average molecular weight is 328 g/mol. The number of anilines is 2. The van der Waals surface area contributed by atoms with E-state index >= 15 is 0 Å². The quantitative estimate of drug-likeness (QED) is 0.742. The predicted molar refractivity (Wildman–Crippen MR) is 102 cm³/mol. The Morgan fingerprint density at radius 1 is 0.840 bits per heavy atom. The topological polar surface area (TPSA) is 32.3 Å². The van der Waals surface area contributed by atoms with E-state index < -0.39 is 0 Å². The molecule has 0 unspecified atom stereocenters. The first-order chi connectivity index (χ1) is 12.3. The first-order valence-electron chi connectivity index (χ1n) is 8.55. The third kappa shape index (κ3) is 2.78. The van der Waals surface area contributed by atoms with Crippen LogP contribution in [-0.4, -0.2) is 12.1 Å². The maximum absolute atomic E-state index is 13.2. The Morgan fingerprint density at radius 3 is 2.16 bits per heavy atom. The molecule has 3 aromatic carbocycles. The third-order valence-corrected chi connectivity index (χ3v) is 4.79. The first kappa shape index (κ1) is 15.5. The molecule has 0 fully saturated rings. The molecule has 0 bridgehead atoms. The van der Waals surface area contributed by atoms with Crippen LogP contribution >= 0.6 is 0 Å². The largest absolute Gasteiger partial charge is 0.364 e. The molecule has 2 atom stereocenters. The molecular weight excluding hydrogens is 308 g/mol. The van der Waals surface area contributed by atoms with Gasteiger partial charge in [0, 0.05) is 17.3 Å². The summed E-state index contributed by atoms with van der Waals surface area (Å²) >= 11 is 0. The Labute approximate surface area is 147 Å². The van der Waals surface area contributed by atoms with Crippen LogP contribution in [-0.2, 0) is 0 Å². The van der Waals surface area contributed by atoms with E-state index in [9.17, 15) is 4.79 Å². The minimum Gasteiger partial charge on any atom is -0.364 e. The fraction of sp³-hybridized carbons (Fsp3) is 0.136. The second-order valence-corrected chi connectivity index (χ2v) is 6.34. The summed E-state index contributed by atoms with van der Waals surface area (Å²) in [5.41, 5.74) is 3.71. The van der Waals surface area contributed by atoms with E-state index in [-0.39, 0.29) is 18.0 Å². The van der Waals surface area contributed by atoms with Gasteiger partial charge in [0.15, 0.2) is 0 Å². The second kappa shape index (κ2) is 6.44. The molecule has 3 heteroatoms. The molecule has 1 amide bonds. The number of rotatable bonds is 3. The molecule has 0 aliphatic carbocycles. The van der Waals surface area contributed by atoms with Crippen molar-refractivity contribution in [2.75, 3.05) is 10.2 Å². The zero-order valence-electron chi connectivity index (χ0n) is 14.1. The fourth-order valence-corrected chi connectivity index (χ4v) is 3.43. The zero-order chi connectivity index (χ0) is 17.2. The lowest BCUT2D eigenvalue weighted by Crippen LogP contribution is -2.51. The summed E-state index contributed by atoms with van der Waals surface area (Å²) in [7, 11) is 0. The molecule has 1 aliphatic heterocycles. The zero-order valence-corrected chi connectivity index (χ0v) is 14.1. The van der Waals surface area contributed by atoms with Gasteiger partial charge in [0.25, 0.3) is 5.91 Å². The highest BCUT2D eigenvalue weighted by Crippen LogP contribution is 2.35. The molecule has 3 nitrogen and oxygen atoms in total. The maximum atomic E-state index is 13.2. The van der Waals surface area contributed by atoms with E-state index in [2.05, 4.69) is 24.4 Å². The molecule has 0 aromatic heterocycles. The van der Waals surface area contributed by atoms with Gasteiger partial charge < -0.3 is 5.32 Å². The molecule has 0 saturated carbocycles. The van der Waals surface area contributed by atoms with Crippen LogP contribution < -0.4 is 10.2 Å². The normalized spacial score (nSPS) is 17.6. The molecular formula is C22H20N2O. The summed E-state index contributed by atoms with van der Waals surface area (Å²) in [6.45, 7) is 2.16. The monoisotopic (exact) mass is 328 g/mol. The van der Waals surface area contributed by atoms with E-state index in [0.717, 1.165) is 11.4 Å². The Morgan fingerprint density at radius 2 is 1.44 bits per heavy atom. The van der Waals surface area contributed by atoms with Crippen LogP contribution in [0.25, 0.3) is 0 Å². The number of hydrogen-bond donors (Lipinski definition) is 1. The number of hydrogen-bond acceptors (Lipinski definition) is 2. The molecule has 0 radical (unpaired) electrons. The lowest BCUT2D eigenvalue weighted by atomic mass is 9.93. The summed E-state index contributed by atoms with van der Waals surface area (Å²) in [5.74, 6) is 0.173. The van der Waals surface area contributed by atoms with E-state index in [0.29, 0.717) is 5.56 Å². The molecule has 3 aromatic rings. The van der Waals surface area contributed by atoms with Gasteiger partial charge >= 0.3 is 0 Å². The van der Waals surface area contributed by atoms with Crippen molar-refractivity contribution in [2.24, 2.45) is 0 Å². The highest BCUT2D eigenvalue weighted by molar-refractivity contribution is 6.12. The average Bonchev–Trinajstić information content (AvgIpc) is 2.69. The molecule has 1 aliphatic rings. The van der Waals surface area contributed by atoms with E-state index in [4.69, 9.17) is 0 Å². The van der Waals surface area contributed by atoms with Crippen LogP contribution in [0.3, 0.4) is 0 Å². The molecule has 4 rings (SSSR count). The van der Waals surface area contributed by atoms with Gasteiger partial charge in [-0.2, -0.15) is 0 Å². The number of nitrogens with zero attached hydrogens (tertiary/aromatic N) is 1. The Hall–Kier alpha value is -3.07. The number of carbonyl (C=O) groups excluding carboxylic acids is 1. The Bertz CT molecular complexity index is 877. The molecule has 124 valence electrons. The van der Waals surface area contributed by atoms with Crippen molar-refractivity contribution < 1.29 is 4.79 Å². The third-order valence-electron chi connectivity index (χ3n) is 4.79. The van der Waals surface area contributed by atoms with Crippen LogP contribution in [0.1, 0.15) is 28.8 Å². The van der Waals surface area contributed by atoms with Crippen LogP contribution in [0.15, 0.2) is 84.9 Å². The fourth-order valence-electron chi connectivity index (χ4n) is 3.43. The second-order valence-electron chi connectivity index (χ2n) is 6.34. The minimum atomic E-state index is -0.146. The number of fused-ring (bicyclic) bond motifs is 1. The SMILES string of the molecule is C[C@@H](c1ccccc1)[C@@H]1Nc2ccccc2C(=O)N1c1ccccc1. The lowest BCUT2D eigenvalue weighted by molar-refractivity contribution is 0.0972. The van der Waals surface area contributed by atoms with Gasteiger partial charge in [0.05, 0.1) is 5.56 Å². The van der Waals surface area contributed by atoms with Crippen LogP contribution in [0.4, 0.5) is 11.4 Å². The summed E-state index contributed by atoms with van der Waals surface area (Å²) in [6, 6.07) is 27.9. The molecule has 1 N–H and O–H groups in total. The van der Waals surface area contributed by atoms with Gasteiger partial charge in [-0.05, 0) is 29.8 Å². The summed E-state index contributed by atoms with van der Waals surface area (Å²) in [6.07, 6.45) is -0.146. The van der Waals surface area contributed by atoms with Crippen molar-refractivity contribution in [3.8, 4) is 0 Å². The minimum absolute atomic E-state index is 0.0355. The summed E-state index contributed by atoms with van der Waals surface area (Å²) in [5, 5.41) is 3.58. The van der Waals surface area contributed by atoms with Gasteiger partial charge in [0.1, 0.15) is 6.17 Å². The van der Waals surface area contributed by atoms with E-state index in [1.165, 1.54) is 5.56 Å². The highest BCUT2D eigenvalue weighted by Gasteiger charge is 2.36. The van der Waals surface area contributed by atoms with Crippen LogP contribution in [0, 0.1) is 0 Å². The first-order valence-corrected chi connectivity index (χ1v) is 8.55. The van der Waals surface area contributed by atoms with Crippen molar-refractivity contribution >= 4 is 17.3 Å². The van der Waals surface area contributed by atoms with Crippen molar-refractivity contribution in [2.45, 2.75) is 19.0 Å². The van der Waals surface area contributed by atoms with Gasteiger partial charge in [-0.3, -0.25) is 9.69 Å². The van der Waals surface area contributed by atoms with Gasteiger partial charge in [-0.1, -0.05) is 67.6 Å². The maximum Gasteiger partial charge on any atom is 0.262 e. The Kier molecular flexibility index (Phi) is 3.98. The van der Waals surface area contributed by atoms with Gasteiger partial charge in [-0.25, -0.2) is 0 Å². The number of nitrogens with one attached hydrogen (secondary N) is 1. The van der Waals surface area contributed by atoms with Crippen molar-refractivity contribution in [1.29, 1.82) is 0 Å². The lowest BCUT2D eigenvalue weighted by Gasteiger charge is -2.41. The number of amides is 1. The molecule has 25 heavy (non-hydrogen) atoms. The smallest absolute Gasteiger partial charge is 0.262 e. The van der Waals surface area contributed by atoms with Crippen LogP contribution in [0.5, 0.6) is 0 Å². The number of para-hydroxylation sites is 2. The number of benzene rings is 3. The summed E-state index contributed by atoms with van der Waals surface area (Å²) < 4.78 is 0. The van der Waals surface area contributed by atoms with Gasteiger partial charge in [0.2, 0.25) is 0 Å². The molecule has 0 saturated heterocycles. The number of carbonyl (C=O) groups is 1. The molecule has 1 heterocycles. The van der Waals surface area contributed by atoms with Crippen molar-refractivity contribution in [1.82, 2.24) is 0 Å². The summed E-state index contributed by atoms with van der Waals surface area (Å²) in [4.78, 5) is 15.1. The standard InChI is InChI=1S/C22H20N2O/c1-16(17-10-4-2-5-11-17)21-23-20-15-9-8-14-19(20)22(25)24(21)18-12-6-3-7-13-18/h2-16,21,23H,1H3/t16-,21+/m0/s1. The molecule has 0 spiro atoms. The highest BCUT2D eigenvalue weighted by atomic mass is 16.2. The van der Waals surface area contributed by atoms with E-state index in [1.54, 1.807) is 0 Å². The van der Waals surface area contributed by atoms with E-state index in [1.807, 2.05) is 77.7 Å². The van der Waals surface area contributed by atoms with Crippen LogP contribution in [0.2, 0.25) is 0 Å². The Balaban J connectivity index is 1.81. The van der Waals surface area contributed by atoms with Gasteiger partial charge in [-0.15, -0.1) is 0 Å².